The molecular formula is C10H9Cl2NO. The van der Waals surface area contributed by atoms with E-state index in [0.29, 0.717) is 6.54 Å². The number of alkyl halides is 2. The number of hydrogen-bond donors (Lipinski definition) is 0. The maximum absolute atomic E-state index is 5.98. The molecule has 0 fully saturated rings. The summed E-state index contributed by atoms with van der Waals surface area (Å²) in [6, 6.07) is 7.52. The predicted octanol–water partition coefficient (Wildman–Crippen LogP) is 2.67. The van der Waals surface area contributed by atoms with Gasteiger partial charge in [0.2, 0.25) is 0 Å². The molecule has 0 atom stereocenters. The molecule has 1 aliphatic heterocycles. The van der Waals surface area contributed by atoms with Gasteiger partial charge in [-0.25, -0.2) is 0 Å². The molecule has 0 aromatic heterocycles. The third kappa shape index (κ3) is 1.60. The van der Waals surface area contributed by atoms with Gasteiger partial charge < -0.3 is 4.74 Å². The van der Waals surface area contributed by atoms with E-state index in [4.69, 9.17) is 27.9 Å². The van der Waals surface area contributed by atoms with E-state index in [-0.39, 0.29) is 0 Å². The summed E-state index contributed by atoms with van der Waals surface area (Å²) in [5.74, 6) is 0.809. The highest BCUT2D eigenvalue weighted by molar-refractivity contribution is 6.62. The zero-order chi connectivity index (χ0) is 10.2. The van der Waals surface area contributed by atoms with Crippen LogP contribution in [0.1, 0.15) is 5.56 Å². The van der Waals surface area contributed by atoms with Crippen LogP contribution >= 0.6 is 23.2 Å². The van der Waals surface area contributed by atoms with Gasteiger partial charge >= 0.3 is 0 Å². The van der Waals surface area contributed by atoms with E-state index in [9.17, 15) is 0 Å². The minimum atomic E-state index is -0.811. The monoisotopic (exact) mass is 229 g/mol. The van der Waals surface area contributed by atoms with Crippen molar-refractivity contribution in [2.45, 2.75) is 4.33 Å². The van der Waals surface area contributed by atoms with Crippen molar-refractivity contribution < 1.29 is 4.74 Å². The molecule has 0 unspecified atom stereocenters. The van der Waals surface area contributed by atoms with E-state index in [1.54, 1.807) is 7.11 Å². The highest BCUT2D eigenvalue weighted by Crippen LogP contribution is 2.34. The van der Waals surface area contributed by atoms with Gasteiger partial charge in [0.25, 0.3) is 0 Å². The molecule has 1 aliphatic rings. The van der Waals surface area contributed by atoms with Gasteiger partial charge in [-0.2, -0.15) is 0 Å². The Bertz CT molecular complexity index is 370. The Morgan fingerprint density at radius 1 is 1.29 bits per heavy atom. The van der Waals surface area contributed by atoms with Gasteiger partial charge in [0.15, 0.2) is 4.33 Å². The fraction of sp³-hybridized carbons (Fsp3) is 0.300. The second-order valence-electron chi connectivity index (χ2n) is 3.10. The van der Waals surface area contributed by atoms with Gasteiger partial charge in [-0.1, -0.05) is 23.2 Å². The Kier molecular flexibility index (Phi) is 2.41. The molecule has 0 radical (unpaired) electrons. The van der Waals surface area contributed by atoms with E-state index in [1.165, 1.54) is 0 Å². The van der Waals surface area contributed by atoms with Gasteiger partial charge in [-0.05, 0) is 29.8 Å². The summed E-state index contributed by atoms with van der Waals surface area (Å²) in [5, 5.41) is 0. The molecule has 74 valence electrons. The Morgan fingerprint density at radius 3 is 2.29 bits per heavy atom. The molecule has 4 heteroatoms. The second-order valence-corrected chi connectivity index (χ2v) is 4.58. The van der Waals surface area contributed by atoms with Crippen LogP contribution in [0.4, 0.5) is 0 Å². The Balaban J connectivity index is 2.27. The van der Waals surface area contributed by atoms with Gasteiger partial charge in [0, 0.05) is 0 Å². The van der Waals surface area contributed by atoms with Crippen molar-refractivity contribution in [2.75, 3.05) is 13.7 Å². The maximum atomic E-state index is 5.98. The number of methoxy groups -OCH3 is 1. The van der Waals surface area contributed by atoms with Crippen molar-refractivity contribution >= 4 is 28.9 Å². The first-order chi connectivity index (χ1) is 6.63. The molecule has 14 heavy (non-hydrogen) atoms. The molecule has 2 nitrogen and oxygen atoms in total. The average molecular weight is 230 g/mol. The summed E-state index contributed by atoms with van der Waals surface area (Å²) in [6.45, 7) is 0.470. The SMILES string of the molecule is COc1ccc(C2=NCC2(Cl)Cl)cc1. The van der Waals surface area contributed by atoms with Crippen molar-refractivity contribution in [1.29, 1.82) is 0 Å². The second kappa shape index (κ2) is 3.44. The Labute approximate surface area is 92.5 Å². The lowest BCUT2D eigenvalue weighted by Crippen LogP contribution is -2.39. The molecule has 0 spiro atoms. The molecule has 0 amide bonds. The minimum absolute atomic E-state index is 0.470. The van der Waals surface area contributed by atoms with Crippen LogP contribution in [0, 0.1) is 0 Å². The first-order valence-corrected chi connectivity index (χ1v) is 4.96. The van der Waals surface area contributed by atoms with Crippen LogP contribution in [-0.2, 0) is 0 Å². The molecule has 1 aromatic carbocycles. The molecule has 0 aliphatic carbocycles. The summed E-state index contributed by atoms with van der Waals surface area (Å²) in [7, 11) is 1.63. The Morgan fingerprint density at radius 2 is 1.93 bits per heavy atom. The van der Waals surface area contributed by atoms with E-state index >= 15 is 0 Å². The van der Waals surface area contributed by atoms with Crippen LogP contribution in [0.15, 0.2) is 29.3 Å². The summed E-state index contributed by atoms with van der Waals surface area (Å²) in [6.07, 6.45) is 0. The van der Waals surface area contributed by atoms with Crippen molar-refractivity contribution in [2.24, 2.45) is 4.99 Å². The summed E-state index contributed by atoms with van der Waals surface area (Å²) >= 11 is 12.0. The van der Waals surface area contributed by atoms with E-state index < -0.39 is 4.33 Å². The zero-order valence-electron chi connectivity index (χ0n) is 7.63. The van der Waals surface area contributed by atoms with Crippen molar-refractivity contribution in [3.05, 3.63) is 29.8 Å². The third-order valence-electron chi connectivity index (χ3n) is 2.15. The molecule has 0 saturated carbocycles. The number of ether oxygens (including phenoxy) is 1. The third-order valence-corrected chi connectivity index (χ3v) is 2.74. The van der Waals surface area contributed by atoms with Gasteiger partial charge in [0.05, 0.1) is 19.4 Å². The average Bonchev–Trinajstić information content (AvgIpc) is 2.18. The number of rotatable bonds is 2. The van der Waals surface area contributed by atoms with Crippen LogP contribution < -0.4 is 4.74 Å². The molecule has 2 rings (SSSR count). The highest BCUT2D eigenvalue weighted by Gasteiger charge is 2.38. The van der Waals surface area contributed by atoms with Crippen LogP contribution in [0.2, 0.25) is 0 Å². The lowest BCUT2D eigenvalue weighted by Gasteiger charge is -2.28. The van der Waals surface area contributed by atoms with E-state index in [0.717, 1.165) is 17.0 Å². The highest BCUT2D eigenvalue weighted by atomic mass is 35.5. The number of aliphatic imine (C=N–C) groups is 1. The summed E-state index contributed by atoms with van der Waals surface area (Å²) in [5.41, 5.74) is 1.69. The smallest absolute Gasteiger partial charge is 0.179 e. The predicted molar refractivity (Wildman–Crippen MR) is 58.8 cm³/mol. The van der Waals surface area contributed by atoms with Crippen LogP contribution in [0.3, 0.4) is 0 Å². The maximum Gasteiger partial charge on any atom is 0.179 e. The minimum Gasteiger partial charge on any atom is -0.497 e. The molecule has 0 N–H and O–H groups in total. The molecule has 0 saturated heterocycles. The van der Waals surface area contributed by atoms with Gasteiger partial charge in [-0.3, -0.25) is 4.99 Å². The summed E-state index contributed by atoms with van der Waals surface area (Å²) in [4.78, 5) is 4.16. The number of halogens is 2. The number of nitrogens with zero attached hydrogens (tertiary/aromatic N) is 1. The van der Waals surface area contributed by atoms with E-state index in [2.05, 4.69) is 4.99 Å². The van der Waals surface area contributed by atoms with Crippen molar-refractivity contribution in [1.82, 2.24) is 0 Å². The first-order valence-electron chi connectivity index (χ1n) is 4.21. The zero-order valence-corrected chi connectivity index (χ0v) is 9.14. The van der Waals surface area contributed by atoms with Gasteiger partial charge in [0.1, 0.15) is 5.75 Å². The fourth-order valence-corrected chi connectivity index (χ4v) is 1.79. The van der Waals surface area contributed by atoms with Crippen LogP contribution in [0.5, 0.6) is 5.75 Å². The molecular weight excluding hydrogens is 221 g/mol. The molecule has 1 aromatic rings. The van der Waals surface area contributed by atoms with E-state index in [1.807, 2.05) is 24.3 Å². The lowest BCUT2D eigenvalue weighted by molar-refractivity contribution is 0.415. The first kappa shape index (κ1) is 9.81. The topological polar surface area (TPSA) is 21.6 Å². The fourth-order valence-electron chi connectivity index (χ4n) is 1.33. The number of hydrogen-bond acceptors (Lipinski definition) is 2. The lowest BCUT2D eigenvalue weighted by atomic mass is 10.0. The van der Waals surface area contributed by atoms with Gasteiger partial charge in [-0.15, -0.1) is 0 Å². The Hall–Kier alpha value is -0.730. The van der Waals surface area contributed by atoms with Crippen LogP contribution in [0.25, 0.3) is 0 Å². The van der Waals surface area contributed by atoms with Crippen molar-refractivity contribution in [3.8, 4) is 5.75 Å². The van der Waals surface area contributed by atoms with Crippen LogP contribution in [-0.4, -0.2) is 23.7 Å². The summed E-state index contributed by atoms with van der Waals surface area (Å²) < 4.78 is 4.24. The molecule has 1 heterocycles. The molecule has 0 bridgehead atoms. The van der Waals surface area contributed by atoms with Crippen molar-refractivity contribution in [3.63, 3.8) is 0 Å². The number of benzene rings is 1. The quantitative estimate of drug-likeness (QED) is 0.715. The standard InChI is InChI=1S/C10H9Cl2NO/c1-14-8-4-2-7(3-5-8)9-10(11,12)6-13-9/h2-5H,6H2,1H3. The largest absolute Gasteiger partial charge is 0.497 e. The normalized spacial score (nSPS) is 18.4.